The van der Waals surface area contributed by atoms with E-state index in [-0.39, 0.29) is 5.56 Å². The fourth-order valence-corrected chi connectivity index (χ4v) is 1.39. The molecule has 2 N–H and O–H groups in total. The van der Waals surface area contributed by atoms with Gasteiger partial charge < -0.3 is 10.2 Å². The number of aromatic carboxylic acids is 1. The molecule has 0 fully saturated rings. The summed E-state index contributed by atoms with van der Waals surface area (Å²) in [4.78, 5) is 21.3. The summed E-state index contributed by atoms with van der Waals surface area (Å²) in [6.45, 7) is 1.82. The van der Waals surface area contributed by atoms with Gasteiger partial charge in [0, 0.05) is 6.08 Å². The highest BCUT2D eigenvalue weighted by atomic mass is 16.4. The van der Waals surface area contributed by atoms with E-state index < -0.39 is 11.9 Å². The van der Waals surface area contributed by atoms with Gasteiger partial charge in [-0.3, -0.25) is 0 Å². The Balaban J connectivity index is 3.16. The molecular weight excluding hydrogens is 208 g/mol. The van der Waals surface area contributed by atoms with Gasteiger partial charge in [-0.25, -0.2) is 9.59 Å². The molecule has 1 aromatic carbocycles. The van der Waals surface area contributed by atoms with Gasteiger partial charge in [0.1, 0.15) is 0 Å². The summed E-state index contributed by atoms with van der Waals surface area (Å²) in [6, 6.07) is 6.25. The van der Waals surface area contributed by atoms with Crippen LogP contribution >= 0.6 is 0 Å². The molecule has 84 valence electrons. The second-order valence-electron chi connectivity index (χ2n) is 3.25. The first kappa shape index (κ1) is 12.0. The van der Waals surface area contributed by atoms with Crippen LogP contribution < -0.4 is 0 Å². The summed E-state index contributed by atoms with van der Waals surface area (Å²) in [5.41, 5.74) is 1.39. The van der Waals surface area contributed by atoms with Crippen LogP contribution in [0.25, 0.3) is 5.57 Å². The van der Waals surface area contributed by atoms with E-state index in [1.807, 2.05) is 6.92 Å². The molecule has 0 aliphatic carbocycles. The Kier molecular flexibility index (Phi) is 3.83. The molecular formula is C12H12O4. The van der Waals surface area contributed by atoms with Gasteiger partial charge in [-0.2, -0.15) is 0 Å². The number of benzene rings is 1. The van der Waals surface area contributed by atoms with Crippen molar-refractivity contribution >= 4 is 17.5 Å². The van der Waals surface area contributed by atoms with E-state index >= 15 is 0 Å². The lowest BCUT2D eigenvalue weighted by Crippen LogP contribution is -1.98. The van der Waals surface area contributed by atoms with Crippen molar-refractivity contribution in [3.05, 3.63) is 41.5 Å². The first-order valence-electron chi connectivity index (χ1n) is 4.81. The summed E-state index contributed by atoms with van der Waals surface area (Å²) in [5, 5.41) is 17.5. The first-order chi connectivity index (χ1) is 7.54. The molecule has 4 heteroatoms. The van der Waals surface area contributed by atoms with Gasteiger partial charge in [-0.05, 0) is 29.7 Å². The first-order valence-corrected chi connectivity index (χ1v) is 4.81. The summed E-state index contributed by atoms with van der Waals surface area (Å²) in [6.07, 6.45) is 1.64. The topological polar surface area (TPSA) is 74.6 Å². The van der Waals surface area contributed by atoms with Crippen LogP contribution in [0.2, 0.25) is 0 Å². The Labute approximate surface area is 92.8 Å². The molecule has 0 aliphatic rings. The van der Waals surface area contributed by atoms with Gasteiger partial charge in [-0.1, -0.05) is 19.1 Å². The van der Waals surface area contributed by atoms with Crippen LogP contribution in [0.15, 0.2) is 30.3 Å². The summed E-state index contributed by atoms with van der Waals surface area (Å²) in [5.74, 6) is -2.05. The second kappa shape index (κ2) is 5.11. The molecule has 1 aromatic rings. The largest absolute Gasteiger partial charge is 0.478 e. The highest BCUT2D eigenvalue weighted by Crippen LogP contribution is 2.19. The second-order valence-corrected chi connectivity index (χ2v) is 3.25. The lowest BCUT2D eigenvalue weighted by molar-refractivity contribution is -0.131. The molecule has 0 spiro atoms. The maximum absolute atomic E-state index is 10.8. The van der Waals surface area contributed by atoms with Gasteiger partial charge in [-0.15, -0.1) is 0 Å². The molecule has 0 radical (unpaired) electrons. The van der Waals surface area contributed by atoms with Crippen molar-refractivity contribution < 1.29 is 19.8 Å². The lowest BCUT2D eigenvalue weighted by Gasteiger charge is -2.04. The predicted octanol–water partition coefficient (Wildman–Crippen LogP) is 2.26. The Morgan fingerprint density at radius 3 is 2.38 bits per heavy atom. The third kappa shape index (κ3) is 2.95. The van der Waals surface area contributed by atoms with Crippen molar-refractivity contribution in [1.29, 1.82) is 0 Å². The van der Waals surface area contributed by atoms with Crippen LogP contribution in [0.1, 0.15) is 29.3 Å². The molecule has 4 nitrogen and oxygen atoms in total. The zero-order valence-corrected chi connectivity index (χ0v) is 8.80. The van der Waals surface area contributed by atoms with Crippen molar-refractivity contribution in [1.82, 2.24) is 0 Å². The van der Waals surface area contributed by atoms with Gasteiger partial charge in [0.15, 0.2) is 0 Å². The van der Waals surface area contributed by atoms with Crippen LogP contribution in [-0.4, -0.2) is 22.2 Å². The number of aliphatic carboxylic acids is 1. The molecule has 0 saturated carbocycles. The van der Waals surface area contributed by atoms with Gasteiger partial charge in [0.05, 0.1) is 5.56 Å². The predicted molar refractivity (Wildman–Crippen MR) is 59.3 cm³/mol. The molecule has 0 aromatic heterocycles. The van der Waals surface area contributed by atoms with Crippen LogP contribution in [0, 0.1) is 0 Å². The zero-order chi connectivity index (χ0) is 12.1. The lowest BCUT2D eigenvalue weighted by atomic mass is 10.0. The Bertz CT molecular complexity index is 446. The van der Waals surface area contributed by atoms with Crippen molar-refractivity contribution in [2.24, 2.45) is 0 Å². The average molecular weight is 220 g/mol. The summed E-state index contributed by atoms with van der Waals surface area (Å²) in [7, 11) is 0. The summed E-state index contributed by atoms with van der Waals surface area (Å²) >= 11 is 0. The fraction of sp³-hybridized carbons (Fsp3) is 0.167. The molecule has 0 atom stereocenters. The van der Waals surface area contributed by atoms with E-state index in [2.05, 4.69) is 0 Å². The van der Waals surface area contributed by atoms with Gasteiger partial charge in [0.25, 0.3) is 0 Å². The number of allylic oxidation sites excluding steroid dienone is 1. The van der Waals surface area contributed by atoms with Crippen molar-refractivity contribution in [3.8, 4) is 0 Å². The number of carboxylic acids is 2. The van der Waals surface area contributed by atoms with Crippen molar-refractivity contribution in [2.75, 3.05) is 0 Å². The van der Waals surface area contributed by atoms with E-state index in [1.54, 1.807) is 12.1 Å². The van der Waals surface area contributed by atoms with Gasteiger partial charge in [0.2, 0.25) is 0 Å². The van der Waals surface area contributed by atoms with Crippen LogP contribution in [0.4, 0.5) is 0 Å². The van der Waals surface area contributed by atoms with E-state index in [4.69, 9.17) is 10.2 Å². The maximum Gasteiger partial charge on any atom is 0.335 e. The normalized spacial score (nSPS) is 11.2. The number of rotatable bonds is 4. The maximum atomic E-state index is 10.8. The zero-order valence-electron chi connectivity index (χ0n) is 8.80. The van der Waals surface area contributed by atoms with E-state index in [9.17, 15) is 9.59 Å². The number of carbonyl (C=O) groups is 2. The standard InChI is InChI=1S/C12H12O4/c1-2-8(7-11(13)14)9-4-3-5-10(6-9)12(15)16/h3-7H,2H2,1H3,(H,13,14)(H,15,16)/b8-7+. The molecule has 16 heavy (non-hydrogen) atoms. The Morgan fingerprint density at radius 2 is 1.88 bits per heavy atom. The quantitative estimate of drug-likeness (QED) is 0.763. The van der Waals surface area contributed by atoms with E-state index in [1.165, 1.54) is 12.1 Å². The Morgan fingerprint density at radius 1 is 1.25 bits per heavy atom. The minimum Gasteiger partial charge on any atom is -0.478 e. The van der Waals surface area contributed by atoms with Crippen LogP contribution in [-0.2, 0) is 4.79 Å². The number of hydrogen-bond acceptors (Lipinski definition) is 2. The average Bonchev–Trinajstić information content (AvgIpc) is 2.25. The molecule has 0 heterocycles. The smallest absolute Gasteiger partial charge is 0.335 e. The Hall–Kier alpha value is -2.10. The van der Waals surface area contributed by atoms with Crippen molar-refractivity contribution in [3.63, 3.8) is 0 Å². The highest BCUT2D eigenvalue weighted by molar-refractivity contribution is 5.92. The molecule has 0 saturated heterocycles. The molecule has 0 unspecified atom stereocenters. The van der Waals surface area contributed by atoms with E-state index in [0.717, 1.165) is 6.08 Å². The van der Waals surface area contributed by atoms with Gasteiger partial charge >= 0.3 is 11.9 Å². The third-order valence-corrected chi connectivity index (χ3v) is 2.16. The molecule has 1 rings (SSSR count). The summed E-state index contributed by atoms with van der Waals surface area (Å²) < 4.78 is 0. The number of hydrogen-bond donors (Lipinski definition) is 2. The highest BCUT2D eigenvalue weighted by Gasteiger charge is 2.06. The van der Waals surface area contributed by atoms with Crippen molar-refractivity contribution in [2.45, 2.75) is 13.3 Å². The van der Waals surface area contributed by atoms with E-state index in [0.29, 0.717) is 17.6 Å². The monoisotopic (exact) mass is 220 g/mol. The minimum atomic E-state index is -1.03. The van der Waals surface area contributed by atoms with Crippen LogP contribution in [0.3, 0.4) is 0 Å². The third-order valence-electron chi connectivity index (χ3n) is 2.16. The molecule has 0 bridgehead atoms. The van der Waals surface area contributed by atoms with Crippen LogP contribution in [0.5, 0.6) is 0 Å². The number of carboxylic acid groups (broad SMARTS) is 2. The SMILES string of the molecule is CC/C(=C\C(=O)O)c1cccc(C(=O)O)c1. The minimum absolute atomic E-state index is 0.155. The molecule has 0 aliphatic heterocycles. The molecule has 0 amide bonds. The fourth-order valence-electron chi connectivity index (χ4n) is 1.39.